The summed E-state index contributed by atoms with van der Waals surface area (Å²) in [6.45, 7) is 0. The summed E-state index contributed by atoms with van der Waals surface area (Å²) in [7, 11) is 0. The van der Waals surface area contributed by atoms with Crippen LogP contribution in [0.2, 0.25) is 5.02 Å². The molecule has 0 aliphatic heterocycles. The van der Waals surface area contributed by atoms with Crippen molar-refractivity contribution in [1.29, 1.82) is 0 Å². The summed E-state index contributed by atoms with van der Waals surface area (Å²) >= 11 is 5.72. The second-order valence-electron chi connectivity index (χ2n) is 4.93. The largest absolute Gasteiger partial charge is 0.361 e. The van der Waals surface area contributed by atoms with Crippen molar-refractivity contribution >= 4 is 23.1 Å². The lowest BCUT2D eigenvalue weighted by Gasteiger charge is -2.06. The van der Waals surface area contributed by atoms with Gasteiger partial charge in [-0.1, -0.05) is 23.7 Å². The Labute approximate surface area is 124 Å². The average molecular weight is 308 g/mol. The van der Waals surface area contributed by atoms with Gasteiger partial charge in [0.25, 0.3) is 0 Å². The minimum Gasteiger partial charge on any atom is -0.361 e. The molecule has 108 valence electrons. The number of nitro groups is 1. The number of rotatable bonds is 4. The first kappa shape index (κ1) is 13.8. The molecule has 1 heterocycles. The van der Waals surface area contributed by atoms with Gasteiger partial charge < -0.3 is 5.32 Å². The SMILES string of the molecule is O=[N+]([O-])c1cc(Cl)cnc1N[C@@H]1C[C@H]1c1cccc(F)c1. The number of benzene rings is 1. The predicted molar refractivity (Wildman–Crippen MR) is 77.1 cm³/mol. The van der Waals surface area contributed by atoms with Gasteiger partial charge in [-0.25, -0.2) is 9.37 Å². The van der Waals surface area contributed by atoms with Crippen molar-refractivity contribution in [3.05, 3.63) is 63.0 Å². The second-order valence-corrected chi connectivity index (χ2v) is 5.36. The van der Waals surface area contributed by atoms with Crippen LogP contribution in [0.25, 0.3) is 0 Å². The molecular formula is C14H11ClFN3O2. The van der Waals surface area contributed by atoms with E-state index in [1.54, 1.807) is 6.07 Å². The minimum atomic E-state index is -0.527. The Balaban J connectivity index is 1.76. The van der Waals surface area contributed by atoms with Crippen molar-refractivity contribution in [2.24, 2.45) is 0 Å². The van der Waals surface area contributed by atoms with Crippen molar-refractivity contribution in [2.75, 3.05) is 5.32 Å². The normalized spacial score (nSPS) is 20.1. The molecule has 5 nitrogen and oxygen atoms in total. The van der Waals surface area contributed by atoms with Crippen molar-refractivity contribution in [2.45, 2.75) is 18.4 Å². The first-order chi connectivity index (χ1) is 10.0. The molecule has 0 saturated heterocycles. The van der Waals surface area contributed by atoms with E-state index in [9.17, 15) is 14.5 Å². The molecule has 1 N–H and O–H groups in total. The summed E-state index contributed by atoms with van der Waals surface area (Å²) in [6.07, 6.45) is 2.14. The van der Waals surface area contributed by atoms with Gasteiger partial charge >= 0.3 is 5.69 Å². The molecule has 1 aromatic carbocycles. The first-order valence-electron chi connectivity index (χ1n) is 6.36. The lowest BCUT2D eigenvalue weighted by atomic mass is 10.1. The van der Waals surface area contributed by atoms with E-state index in [1.807, 2.05) is 6.07 Å². The predicted octanol–water partition coefficient (Wildman–Crippen LogP) is 3.75. The average Bonchev–Trinajstić information content (AvgIpc) is 3.20. The topological polar surface area (TPSA) is 68.1 Å². The molecule has 0 radical (unpaired) electrons. The molecule has 2 atom stereocenters. The van der Waals surface area contributed by atoms with Gasteiger partial charge in [-0.05, 0) is 24.1 Å². The molecular weight excluding hydrogens is 297 g/mol. The Morgan fingerprint density at radius 3 is 2.95 bits per heavy atom. The zero-order valence-corrected chi connectivity index (χ0v) is 11.5. The zero-order valence-electron chi connectivity index (χ0n) is 10.8. The third-order valence-corrected chi connectivity index (χ3v) is 3.63. The summed E-state index contributed by atoms with van der Waals surface area (Å²) < 4.78 is 13.2. The lowest BCUT2D eigenvalue weighted by molar-refractivity contribution is -0.384. The molecule has 2 aromatic rings. The molecule has 0 unspecified atom stereocenters. The zero-order chi connectivity index (χ0) is 15.0. The molecule has 1 aliphatic rings. The number of hydrogen-bond donors (Lipinski definition) is 1. The van der Waals surface area contributed by atoms with Crippen LogP contribution in [-0.2, 0) is 0 Å². The van der Waals surface area contributed by atoms with E-state index in [2.05, 4.69) is 10.3 Å². The summed E-state index contributed by atoms with van der Waals surface area (Å²) in [6, 6.07) is 7.65. The molecule has 1 fully saturated rings. The fraction of sp³-hybridized carbons (Fsp3) is 0.214. The highest BCUT2D eigenvalue weighted by Gasteiger charge is 2.39. The van der Waals surface area contributed by atoms with Crippen molar-refractivity contribution in [3.8, 4) is 0 Å². The van der Waals surface area contributed by atoms with Crippen LogP contribution in [0.3, 0.4) is 0 Å². The highest BCUT2D eigenvalue weighted by Crippen LogP contribution is 2.43. The van der Waals surface area contributed by atoms with Crippen molar-refractivity contribution < 1.29 is 9.31 Å². The van der Waals surface area contributed by atoms with E-state index >= 15 is 0 Å². The smallest absolute Gasteiger partial charge is 0.312 e. The van der Waals surface area contributed by atoms with Gasteiger partial charge in [0.05, 0.1) is 9.95 Å². The third kappa shape index (κ3) is 2.95. The van der Waals surface area contributed by atoms with Crippen LogP contribution in [-0.4, -0.2) is 15.9 Å². The fourth-order valence-electron chi connectivity index (χ4n) is 2.31. The lowest BCUT2D eigenvalue weighted by Crippen LogP contribution is -2.08. The molecule has 1 aliphatic carbocycles. The molecule has 21 heavy (non-hydrogen) atoms. The van der Waals surface area contributed by atoms with Crippen LogP contribution < -0.4 is 5.32 Å². The summed E-state index contributed by atoms with van der Waals surface area (Å²) in [5.74, 6) is 0.0415. The number of halogens is 2. The molecule has 3 rings (SSSR count). The number of pyridine rings is 1. The Hall–Kier alpha value is -2.21. The quantitative estimate of drug-likeness (QED) is 0.690. The Morgan fingerprint density at radius 2 is 2.24 bits per heavy atom. The van der Waals surface area contributed by atoms with E-state index in [1.165, 1.54) is 24.4 Å². The third-order valence-electron chi connectivity index (χ3n) is 3.42. The summed E-state index contributed by atoms with van der Waals surface area (Å²) in [4.78, 5) is 14.4. The maximum atomic E-state index is 13.2. The van der Waals surface area contributed by atoms with E-state index in [4.69, 9.17) is 11.6 Å². The van der Waals surface area contributed by atoms with Crippen LogP contribution >= 0.6 is 11.6 Å². The highest BCUT2D eigenvalue weighted by atomic mass is 35.5. The van der Waals surface area contributed by atoms with Gasteiger partial charge in [0, 0.05) is 24.2 Å². The fourth-order valence-corrected chi connectivity index (χ4v) is 2.47. The highest BCUT2D eigenvalue weighted by molar-refractivity contribution is 6.30. The van der Waals surface area contributed by atoms with Crippen LogP contribution in [0.1, 0.15) is 17.9 Å². The maximum Gasteiger partial charge on any atom is 0.312 e. The number of anilines is 1. The monoisotopic (exact) mass is 307 g/mol. The first-order valence-corrected chi connectivity index (χ1v) is 6.74. The standard InChI is InChI=1S/C14H11ClFN3O2/c15-9-5-13(19(20)21)14(17-7-9)18-12-6-11(12)8-2-1-3-10(16)4-8/h1-5,7,11-12H,6H2,(H,17,18)/t11-,12+/m0/s1. The molecule has 0 bridgehead atoms. The molecule has 1 aromatic heterocycles. The number of nitrogens with one attached hydrogen (secondary N) is 1. The summed E-state index contributed by atoms with van der Waals surface area (Å²) in [5, 5.41) is 14.2. The minimum absolute atomic E-state index is 0.0131. The van der Waals surface area contributed by atoms with Gasteiger partial charge in [-0.3, -0.25) is 10.1 Å². The van der Waals surface area contributed by atoms with Gasteiger partial charge in [-0.2, -0.15) is 0 Å². The molecule has 7 heteroatoms. The van der Waals surface area contributed by atoms with Gasteiger partial charge in [0.15, 0.2) is 0 Å². The number of aromatic nitrogens is 1. The van der Waals surface area contributed by atoms with Crippen LogP contribution in [0.4, 0.5) is 15.9 Å². The van der Waals surface area contributed by atoms with Crippen LogP contribution in [0.5, 0.6) is 0 Å². The van der Waals surface area contributed by atoms with E-state index < -0.39 is 4.92 Å². The Morgan fingerprint density at radius 1 is 1.43 bits per heavy atom. The Kier molecular flexibility index (Phi) is 3.47. The van der Waals surface area contributed by atoms with Gasteiger partial charge in [0.1, 0.15) is 5.82 Å². The maximum absolute atomic E-state index is 13.2. The number of nitrogens with zero attached hydrogens (tertiary/aromatic N) is 2. The van der Waals surface area contributed by atoms with Crippen LogP contribution in [0.15, 0.2) is 36.5 Å². The van der Waals surface area contributed by atoms with Gasteiger partial charge in [-0.15, -0.1) is 0 Å². The second kappa shape index (κ2) is 5.29. The molecule has 0 spiro atoms. The van der Waals surface area contributed by atoms with Crippen molar-refractivity contribution in [3.63, 3.8) is 0 Å². The van der Waals surface area contributed by atoms with Crippen molar-refractivity contribution in [1.82, 2.24) is 4.98 Å². The molecule has 1 saturated carbocycles. The summed E-state index contributed by atoms with van der Waals surface area (Å²) in [5.41, 5.74) is 0.719. The van der Waals surface area contributed by atoms with E-state index in [-0.39, 0.29) is 34.3 Å². The number of hydrogen-bond acceptors (Lipinski definition) is 4. The van der Waals surface area contributed by atoms with E-state index in [0.29, 0.717) is 0 Å². The Bertz CT molecular complexity index is 710. The van der Waals surface area contributed by atoms with E-state index in [0.717, 1.165) is 12.0 Å². The van der Waals surface area contributed by atoms with Crippen LogP contribution in [0, 0.1) is 15.9 Å². The molecule has 0 amide bonds. The van der Waals surface area contributed by atoms with Gasteiger partial charge in [0.2, 0.25) is 5.82 Å².